The molecule has 0 spiro atoms. The van der Waals surface area contributed by atoms with Crippen molar-refractivity contribution in [2.45, 2.75) is 33.1 Å². The monoisotopic (exact) mass is 453 g/mol. The van der Waals surface area contributed by atoms with Crippen molar-refractivity contribution in [2.75, 3.05) is 13.7 Å². The van der Waals surface area contributed by atoms with Crippen molar-refractivity contribution in [2.24, 2.45) is 0 Å². The van der Waals surface area contributed by atoms with Gasteiger partial charge >= 0.3 is 0 Å². The fraction of sp³-hybridized carbons (Fsp3) is 0.233. The van der Waals surface area contributed by atoms with Gasteiger partial charge in [-0.15, -0.1) is 0 Å². The summed E-state index contributed by atoms with van der Waals surface area (Å²) < 4.78 is 11.4. The van der Waals surface area contributed by atoms with E-state index in [4.69, 9.17) is 9.15 Å². The van der Waals surface area contributed by atoms with Gasteiger partial charge in [-0.25, -0.2) is 0 Å². The molecule has 0 radical (unpaired) electrons. The Morgan fingerprint density at radius 2 is 1.62 bits per heavy atom. The number of hydrogen-bond donors (Lipinski definition) is 1. The highest BCUT2D eigenvalue weighted by atomic mass is 16.5. The molecule has 4 heteroatoms. The fourth-order valence-electron chi connectivity index (χ4n) is 4.41. The Morgan fingerprint density at radius 1 is 1.00 bits per heavy atom. The van der Waals surface area contributed by atoms with E-state index in [0.717, 1.165) is 39.9 Å². The smallest absolute Gasteiger partial charge is 0.244 e. The summed E-state index contributed by atoms with van der Waals surface area (Å²) in [5.74, 6) is 1.69. The molecule has 0 atom stereocenters. The van der Waals surface area contributed by atoms with Crippen LogP contribution in [0.15, 0.2) is 83.3 Å². The molecule has 4 aromatic rings. The van der Waals surface area contributed by atoms with Crippen LogP contribution in [0.1, 0.15) is 47.3 Å². The van der Waals surface area contributed by atoms with Gasteiger partial charge in [0, 0.05) is 35.6 Å². The first-order chi connectivity index (χ1) is 16.5. The molecule has 0 saturated heterocycles. The van der Waals surface area contributed by atoms with Gasteiger partial charge in [-0.3, -0.25) is 4.79 Å². The zero-order valence-electron chi connectivity index (χ0n) is 20.2. The Labute approximate surface area is 201 Å². The number of carbonyl (C=O) groups excluding carboxylic acids is 1. The van der Waals surface area contributed by atoms with Gasteiger partial charge in [0.05, 0.1) is 7.11 Å². The number of allylic oxidation sites excluding steroid dienone is 1. The SMILES string of the molecule is COc1cc2oc(C)c(C)c2cc1/C(C)=C/C(=O)NCCC(c1ccccc1)c1ccccc1. The van der Waals surface area contributed by atoms with E-state index < -0.39 is 0 Å². The number of ether oxygens (including phenoxy) is 1. The Morgan fingerprint density at radius 3 is 2.21 bits per heavy atom. The molecule has 1 amide bonds. The van der Waals surface area contributed by atoms with Gasteiger partial charge in [-0.2, -0.15) is 0 Å². The van der Waals surface area contributed by atoms with E-state index >= 15 is 0 Å². The first-order valence-corrected chi connectivity index (χ1v) is 11.6. The Kier molecular flexibility index (Phi) is 7.17. The highest BCUT2D eigenvalue weighted by Crippen LogP contribution is 2.34. The standard InChI is InChI=1S/C30H31NO3/c1-20(26-18-27-21(2)22(3)34-29(27)19-28(26)33-4)17-30(32)31-16-15-25(23-11-7-5-8-12-23)24-13-9-6-10-14-24/h5-14,17-19,25H,15-16H2,1-4H3,(H,31,32)/b20-17+. The van der Waals surface area contributed by atoms with Gasteiger partial charge in [-0.05, 0) is 55.5 Å². The third-order valence-electron chi connectivity index (χ3n) is 6.41. The summed E-state index contributed by atoms with van der Waals surface area (Å²) in [7, 11) is 1.63. The highest BCUT2D eigenvalue weighted by Gasteiger charge is 2.16. The molecule has 0 unspecified atom stereocenters. The highest BCUT2D eigenvalue weighted by molar-refractivity contribution is 5.97. The van der Waals surface area contributed by atoms with E-state index in [1.165, 1.54) is 11.1 Å². The molecule has 0 aliphatic carbocycles. The minimum Gasteiger partial charge on any atom is -0.496 e. The average molecular weight is 454 g/mol. The molecule has 4 nitrogen and oxygen atoms in total. The number of carbonyl (C=O) groups is 1. The first kappa shape index (κ1) is 23.4. The van der Waals surface area contributed by atoms with Gasteiger partial charge in [0.15, 0.2) is 0 Å². The number of nitrogens with one attached hydrogen (secondary N) is 1. The van der Waals surface area contributed by atoms with Crippen molar-refractivity contribution < 1.29 is 13.9 Å². The number of hydrogen-bond acceptors (Lipinski definition) is 3. The lowest BCUT2D eigenvalue weighted by atomic mass is 9.88. The van der Waals surface area contributed by atoms with Crippen molar-refractivity contribution in [3.05, 3.63) is 107 Å². The molecule has 0 saturated carbocycles. The van der Waals surface area contributed by atoms with E-state index in [-0.39, 0.29) is 11.8 Å². The summed E-state index contributed by atoms with van der Waals surface area (Å²) in [5, 5.41) is 4.11. The summed E-state index contributed by atoms with van der Waals surface area (Å²) in [6, 6.07) is 24.8. The second-order valence-corrected chi connectivity index (χ2v) is 8.61. The summed E-state index contributed by atoms with van der Waals surface area (Å²) in [5.41, 5.74) is 6.12. The first-order valence-electron chi connectivity index (χ1n) is 11.6. The van der Waals surface area contributed by atoms with Crippen LogP contribution in [0.4, 0.5) is 0 Å². The molecule has 3 aromatic carbocycles. The average Bonchev–Trinajstić information content (AvgIpc) is 3.14. The van der Waals surface area contributed by atoms with Crippen LogP contribution in [0.3, 0.4) is 0 Å². The predicted octanol–water partition coefficient (Wildman–Crippen LogP) is 6.80. The normalized spacial score (nSPS) is 11.7. The topological polar surface area (TPSA) is 51.5 Å². The molecule has 34 heavy (non-hydrogen) atoms. The van der Waals surface area contributed by atoms with Gasteiger partial charge < -0.3 is 14.5 Å². The summed E-state index contributed by atoms with van der Waals surface area (Å²) in [4.78, 5) is 12.8. The van der Waals surface area contributed by atoms with Crippen molar-refractivity contribution in [1.82, 2.24) is 5.32 Å². The molecule has 0 aliphatic heterocycles. The number of aryl methyl sites for hydroxylation is 2. The molecule has 1 N–H and O–H groups in total. The van der Waals surface area contributed by atoms with Crippen LogP contribution in [-0.2, 0) is 4.79 Å². The zero-order valence-corrected chi connectivity index (χ0v) is 20.2. The third kappa shape index (κ3) is 5.07. The number of amides is 1. The largest absolute Gasteiger partial charge is 0.496 e. The maximum absolute atomic E-state index is 12.8. The zero-order chi connectivity index (χ0) is 24.1. The predicted molar refractivity (Wildman–Crippen MR) is 138 cm³/mol. The van der Waals surface area contributed by atoms with Crippen LogP contribution in [0.25, 0.3) is 16.5 Å². The molecule has 1 heterocycles. The fourth-order valence-corrected chi connectivity index (χ4v) is 4.41. The van der Waals surface area contributed by atoms with Gasteiger partial charge in [0.1, 0.15) is 17.1 Å². The van der Waals surface area contributed by atoms with Gasteiger partial charge in [0.2, 0.25) is 5.91 Å². The Balaban J connectivity index is 1.48. The number of methoxy groups -OCH3 is 1. The summed E-state index contributed by atoms with van der Waals surface area (Å²) in [6.07, 6.45) is 2.46. The molecular formula is C30H31NO3. The van der Waals surface area contributed by atoms with E-state index in [2.05, 4.69) is 53.8 Å². The summed E-state index contributed by atoms with van der Waals surface area (Å²) >= 11 is 0. The van der Waals surface area contributed by atoms with E-state index in [1.54, 1.807) is 13.2 Å². The van der Waals surface area contributed by atoms with Crippen molar-refractivity contribution in [1.29, 1.82) is 0 Å². The molecule has 4 rings (SSSR count). The number of benzene rings is 3. The summed E-state index contributed by atoms with van der Waals surface area (Å²) in [6.45, 7) is 6.50. The van der Waals surface area contributed by atoms with Crippen LogP contribution < -0.4 is 10.1 Å². The lowest BCUT2D eigenvalue weighted by Crippen LogP contribution is -2.24. The van der Waals surface area contributed by atoms with Crippen LogP contribution in [0, 0.1) is 13.8 Å². The number of furan rings is 1. The Hall–Kier alpha value is -3.79. The molecular weight excluding hydrogens is 422 g/mol. The molecule has 0 aliphatic rings. The van der Waals surface area contributed by atoms with Crippen molar-refractivity contribution in [3.63, 3.8) is 0 Å². The molecule has 174 valence electrons. The van der Waals surface area contributed by atoms with E-state index in [9.17, 15) is 4.79 Å². The maximum Gasteiger partial charge on any atom is 0.244 e. The van der Waals surface area contributed by atoms with Crippen molar-refractivity contribution >= 4 is 22.4 Å². The lowest BCUT2D eigenvalue weighted by molar-refractivity contribution is -0.116. The van der Waals surface area contributed by atoms with Crippen LogP contribution >= 0.6 is 0 Å². The van der Waals surface area contributed by atoms with Crippen molar-refractivity contribution in [3.8, 4) is 5.75 Å². The second kappa shape index (κ2) is 10.4. The number of fused-ring (bicyclic) bond motifs is 1. The quantitative estimate of drug-likeness (QED) is 0.299. The minimum absolute atomic E-state index is 0.111. The van der Waals surface area contributed by atoms with Crippen LogP contribution in [0.2, 0.25) is 0 Å². The second-order valence-electron chi connectivity index (χ2n) is 8.61. The lowest BCUT2D eigenvalue weighted by Gasteiger charge is -2.18. The number of rotatable bonds is 8. The molecule has 0 fully saturated rings. The maximum atomic E-state index is 12.8. The minimum atomic E-state index is -0.111. The molecule has 0 bridgehead atoms. The Bertz CT molecular complexity index is 1260. The van der Waals surface area contributed by atoms with E-state index in [0.29, 0.717) is 12.3 Å². The van der Waals surface area contributed by atoms with Gasteiger partial charge in [0.25, 0.3) is 0 Å². The van der Waals surface area contributed by atoms with Gasteiger partial charge in [-0.1, -0.05) is 60.7 Å². The third-order valence-corrected chi connectivity index (χ3v) is 6.41. The molecule has 1 aromatic heterocycles. The van der Waals surface area contributed by atoms with Crippen LogP contribution in [-0.4, -0.2) is 19.6 Å². The van der Waals surface area contributed by atoms with Crippen LogP contribution in [0.5, 0.6) is 5.75 Å². The van der Waals surface area contributed by atoms with E-state index in [1.807, 2.05) is 45.0 Å².